The number of hydrogen-bond donors (Lipinski definition) is 3. The zero-order valence-electron chi connectivity index (χ0n) is 24.1. The van der Waals surface area contributed by atoms with E-state index >= 15 is 0 Å². The van der Waals surface area contributed by atoms with Crippen LogP contribution in [0.1, 0.15) is 64.3 Å². The minimum atomic E-state index is -4.70. The second kappa shape index (κ2) is 12.6. The van der Waals surface area contributed by atoms with Gasteiger partial charge in [0.05, 0.1) is 30.8 Å². The Kier molecular flexibility index (Phi) is 8.67. The van der Waals surface area contributed by atoms with Gasteiger partial charge in [-0.2, -0.15) is 9.97 Å². The van der Waals surface area contributed by atoms with Crippen molar-refractivity contribution < 1.29 is 28.1 Å². The molecule has 3 aliphatic rings. The molecule has 1 unspecified atom stereocenters. The number of nitrogens with two attached hydrogens (primary N) is 1. The van der Waals surface area contributed by atoms with Crippen LogP contribution in [0.5, 0.6) is 0 Å². The maximum atomic E-state index is 13.1. The number of nitrogens with zero attached hydrogens (tertiary/aromatic N) is 5. The predicted octanol–water partition coefficient (Wildman–Crippen LogP) is 4.92. The van der Waals surface area contributed by atoms with Crippen molar-refractivity contribution in [2.45, 2.75) is 82.5 Å². The molecule has 14 heteroatoms. The van der Waals surface area contributed by atoms with Crippen LogP contribution in [-0.4, -0.2) is 55.2 Å². The first-order chi connectivity index (χ1) is 20.8. The maximum absolute atomic E-state index is 13.1. The van der Waals surface area contributed by atoms with Crippen LogP contribution in [0.3, 0.4) is 0 Å². The second-order valence-corrected chi connectivity index (χ2v) is 12.9. The third kappa shape index (κ3) is 7.18. The number of carbonyl (C=O) groups is 1. The average Bonchev–Trinajstić information content (AvgIpc) is 3.51. The first-order valence-corrected chi connectivity index (χ1v) is 16.4. The standard InChI is InChI=1S/C29H38N7O6P/c1-19(36(22-8-4-2-5-9-22)41-24-10-6-3-7-11-24)28(37)42-43(38,39)40-17-20-12-15-23(16-20)35-18-31-25-26(32-21-13-14-21)33-29(30)34-27(25)35/h2,4-5,8-9,12,15,18-21,23-24H,3,6-7,10-11,13-14,16-17H2,1H3,(H,38,39)(H3,30,32,33,34)/t19-,20+,23-/m0/s1. The summed E-state index contributed by atoms with van der Waals surface area (Å²) in [5.74, 6) is -0.329. The predicted molar refractivity (Wildman–Crippen MR) is 161 cm³/mol. The fourth-order valence-electron chi connectivity index (χ4n) is 5.56. The summed E-state index contributed by atoms with van der Waals surface area (Å²) in [5, 5.41) is 4.83. The summed E-state index contributed by atoms with van der Waals surface area (Å²) in [6.45, 7) is 1.47. The minimum absolute atomic E-state index is 0.0416. The molecule has 2 saturated carbocycles. The summed E-state index contributed by atoms with van der Waals surface area (Å²) in [7, 11) is -4.70. The van der Waals surface area contributed by atoms with E-state index in [1.165, 1.54) is 5.06 Å². The quantitative estimate of drug-likeness (QED) is 0.144. The Morgan fingerprint density at radius 3 is 2.67 bits per heavy atom. The van der Waals surface area contributed by atoms with E-state index in [0.717, 1.165) is 44.9 Å². The van der Waals surface area contributed by atoms with Crippen LogP contribution >= 0.6 is 7.82 Å². The topological polar surface area (TPSA) is 167 Å². The van der Waals surface area contributed by atoms with Crippen LogP contribution < -0.4 is 16.1 Å². The van der Waals surface area contributed by atoms with Gasteiger partial charge in [0.15, 0.2) is 23.0 Å². The van der Waals surface area contributed by atoms with Gasteiger partial charge in [0.1, 0.15) is 0 Å². The van der Waals surface area contributed by atoms with Crippen molar-refractivity contribution in [1.82, 2.24) is 19.5 Å². The van der Waals surface area contributed by atoms with Crippen molar-refractivity contribution in [1.29, 1.82) is 0 Å². The van der Waals surface area contributed by atoms with Crippen molar-refractivity contribution in [3.63, 3.8) is 0 Å². The smallest absolute Gasteiger partial charge is 0.369 e. The summed E-state index contributed by atoms with van der Waals surface area (Å²) in [6.07, 6.45) is 13.3. The average molecular weight is 612 g/mol. The lowest BCUT2D eigenvalue weighted by molar-refractivity contribution is -0.140. The summed E-state index contributed by atoms with van der Waals surface area (Å²) >= 11 is 0. The molecule has 0 spiro atoms. The SMILES string of the molecule is C[C@@H](C(=O)OP(=O)(O)OC[C@@H]1C=C[C@H](n2cnc3c(NC4CC4)nc(N)nc32)C1)N(OC1CCCCC1)c1ccccc1. The van der Waals surface area contributed by atoms with Gasteiger partial charge in [-0.3, -0.25) is 14.3 Å². The molecule has 2 fully saturated rings. The first-order valence-electron chi connectivity index (χ1n) is 14.9. The van der Waals surface area contributed by atoms with Crippen molar-refractivity contribution in [2.75, 3.05) is 22.7 Å². The normalized spacial score (nSPS) is 22.7. The highest BCUT2D eigenvalue weighted by atomic mass is 31.2. The number of nitrogens with one attached hydrogen (secondary N) is 1. The lowest BCUT2D eigenvalue weighted by atomic mass is 9.98. The molecule has 1 aromatic carbocycles. The molecule has 13 nitrogen and oxygen atoms in total. The fourth-order valence-corrected chi connectivity index (χ4v) is 6.38. The van der Waals surface area contributed by atoms with Crippen molar-refractivity contribution in [2.24, 2.45) is 5.92 Å². The number of hydrogen-bond acceptors (Lipinski definition) is 11. The number of allylic oxidation sites excluding steroid dienone is 1. The largest absolute Gasteiger partial charge is 0.529 e. The van der Waals surface area contributed by atoms with Gasteiger partial charge in [-0.05, 0) is 51.2 Å². The molecule has 230 valence electrons. The van der Waals surface area contributed by atoms with Gasteiger partial charge >= 0.3 is 13.8 Å². The minimum Gasteiger partial charge on any atom is -0.369 e. The van der Waals surface area contributed by atoms with Crippen molar-refractivity contribution >= 4 is 42.4 Å². The van der Waals surface area contributed by atoms with E-state index < -0.39 is 19.8 Å². The van der Waals surface area contributed by atoms with Crippen LogP contribution in [-0.2, 0) is 23.2 Å². The van der Waals surface area contributed by atoms with E-state index in [1.54, 1.807) is 13.3 Å². The molecule has 0 aliphatic heterocycles. The lowest BCUT2D eigenvalue weighted by Gasteiger charge is -2.34. The van der Waals surface area contributed by atoms with Gasteiger partial charge in [0, 0.05) is 12.0 Å². The van der Waals surface area contributed by atoms with E-state index in [1.807, 2.05) is 47.1 Å². The third-order valence-electron chi connectivity index (χ3n) is 8.04. The van der Waals surface area contributed by atoms with Crippen LogP contribution in [0, 0.1) is 5.92 Å². The molecule has 4 atom stereocenters. The number of phosphoric ester groups is 1. The molecule has 6 rings (SSSR count). The lowest BCUT2D eigenvalue weighted by Crippen LogP contribution is -2.43. The first kappa shape index (κ1) is 29.6. The number of imidazole rings is 1. The zero-order chi connectivity index (χ0) is 30.0. The van der Waals surface area contributed by atoms with Crippen molar-refractivity contribution in [3.05, 3.63) is 48.8 Å². The highest BCUT2D eigenvalue weighted by molar-refractivity contribution is 7.48. The number of hydroxylamine groups is 1. The summed E-state index contributed by atoms with van der Waals surface area (Å²) in [4.78, 5) is 43.0. The van der Waals surface area contributed by atoms with Gasteiger partial charge in [-0.25, -0.2) is 19.4 Å². The fraction of sp³-hybridized carbons (Fsp3) is 0.517. The van der Waals surface area contributed by atoms with Crippen LogP contribution in [0.2, 0.25) is 0 Å². The summed E-state index contributed by atoms with van der Waals surface area (Å²) in [6, 6.07) is 8.47. The van der Waals surface area contributed by atoms with E-state index in [9.17, 15) is 14.3 Å². The Morgan fingerprint density at radius 1 is 1.16 bits per heavy atom. The molecule has 43 heavy (non-hydrogen) atoms. The number of rotatable bonds is 12. The van der Waals surface area contributed by atoms with Gasteiger partial charge in [0.2, 0.25) is 5.95 Å². The Bertz CT molecular complexity index is 1510. The monoisotopic (exact) mass is 611 g/mol. The number of aromatic nitrogens is 4. The molecule has 3 aliphatic carbocycles. The van der Waals surface area contributed by atoms with Gasteiger partial charge in [-0.1, -0.05) is 49.6 Å². The number of nitrogen functional groups attached to an aromatic ring is 1. The van der Waals surface area contributed by atoms with E-state index in [4.69, 9.17) is 19.6 Å². The Hall–Kier alpha value is -3.51. The van der Waals surface area contributed by atoms with E-state index in [2.05, 4.69) is 20.3 Å². The number of phosphoric acid groups is 1. The third-order valence-corrected chi connectivity index (χ3v) is 8.93. The van der Waals surface area contributed by atoms with Gasteiger partial charge in [0.25, 0.3) is 0 Å². The zero-order valence-corrected chi connectivity index (χ0v) is 25.0. The van der Waals surface area contributed by atoms with Crippen molar-refractivity contribution in [3.8, 4) is 0 Å². The molecule has 0 radical (unpaired) electrons. The number of fused-ring (bicyclic) bond motifs is 1. The maximum Gasteiger partial charge on any atom is 0.529 e. The molecule has 0 amide bonds. The highest BCUT2D eigenvalue weighted by Gasteiger charge is 2.35. The highest BCUT2D eigenvalue weighted by Crippen LogP contribution is 2.45. The molecule has 0 saturated heterocycles. The molecular formula is C29H38N7O6P. The van der Waals surface area contributed by atoms with Gasteiger partial charge in [-0.15, -0.1) is 0 Å². The molecule has 3 aromatic rings. The molecule has 4 N–H and O–H groups in total. The van der Waals surface area contributed by atoms with Crippen LogP contribution in [0.4, 0.5) is 17.5 Å². The van der Waals surface area contributed by atoms with E-state index in [0.29, 0.717) is 35.1 Å². The number of anilines is 3. The molecular weight excluding hydrogens is 573 g/mol. The number of carbonyl (C=O) groups excluding carboxylic acids is 1. The Labute approximate surface area is 250 Å². The molecule has 0 bridgehead atoms. The Balaban J connectivity index is 1.05. The number of para-hydroxylation sites is 1. The summed E-state index contributed by atoms with van der Waals surface area (Å²) in [5.41, 5.74) is 7.89. The summed E-state index contributed by atoms with van der Waals surface area (Å²) < 4.78 is 25.1. The Morgan fingerprint density at radius 2 is 1.93 bits per heavy atom. The molecule has 2 aromatic heterocycles. The van der Waals surface area contributed by atoms with Crippen LogP contribution in [0.25, 0.3) is 11.2 Å². The number of benzene rings is 1. The van der Waals surface area contributed by atoms with Gasteiger partial charge < -0.3 is 20.1 Å². The van der Waals surface area contributed by atoms with E-state index in [-0.39, 0.29) is 30.6 Å². The molecule has 2 heterocycles. The van der Waals surface area contributed by atoms with Crippen LogP contribution in [0.15, 0.2) is 48.8 Å². The second-order valence-electron chi connectivity index (χ2n) is 11.5.